The van der Waals surface area contributed by atoms with Crippen LogP contribution >= 0.6 is 0 Å². The lowest BCUT2D eigenvalue weighted by atomic mass is 10.1. The zero-order valence-corrected chi connectivity index (χ0v) is 17.0. The molecule has 1 aromatic heterocycles. The normalized spacial score (nSPS) is 10.7. The molecule has 2 aromatic carbocycles. The fraction of sp³-hybridized carbons (Fsp3) is 0.304. The van der Waals surface area contributed by atoms with Gasteiger partial charge in [-0.05, 0) is 50.6 Å². The zero-order valence-electron chi connectivity index (χ0n) is 17.0. The van der Waals surface area contributed by atoms with Gasteiger partial charge in [0.05, 0.1) is 18.8 Å². The smallest absolute Gasteiger partial charge is 0.258 e. The van der Waals surface area contributed by atoms with Crippen LogP contribution in [0.2, 0.25) is 0 Å². The molecule has 0 aliphatic heterocycles. The van der Waals surface area contributed by atoms with Gasteiger partial charge >= 0.3 is 0 Å². The zero-order chi connectivity index (χ0) is 20.1. The number of amides is 1. The molecule has 0 spiro atoms. The summed E-state index contributed by atoms with van der Waals surface area (Å²) in [6, 6.07) is 17.1. The standard InChI is InChI=1S/C23H27N3O2/c1-5-14-28-21-13-9-10-19(15-21)23(27)26(20-11-7-6-8-12-20)16-22-17(2)24-25(4)18(22)3/h6-13,15H,5,14,16H2,1-4H3. The van der Waals surface area contributed by atoms with Gasteiger partial charge in [-0.2, -0.15) is 5.10 Å². The van der Waals surface area contributed by atoms with Crippen molar-refractivity contribution in [3.63, 3.8) is 0 Å². The van der Waals surface area contributed by atoms with E-state index in [1.807, 2.05) is 80.2 Å². The van der Waals surface area contributed by atoms with Crippen LogP contribution in [0.1, 0.15) is 40.7 Å². The van der Waals surface area contributed by atoms with Crippen molar-refractivity contribution in [1.82, 2.24) is 9.78 Å². The Morgan fingerprint density at radius 1 is 1.11 bits per heavy atom. The number of carbonyl (C=O) groups excluding carboxylic acids is 1. The first-order valence-corrected chi connectivity index (χ1v) is 9.60. The Hall–Kier alpha value is -3.08. The molecule has 5 nitrogen and oxygen atoms in total. The SMILES string of the molecule is CCCOc1cccc(C(=O)N(Cc2c(C)nn(C)c2C)c2ccccc2)c1. The molecule has 0 unspecified atom stereocenters. The van der Waals surface area contributed by atoms with Crippen LogP contribution in [0.5, 0.6) is 5.75 Å². The summed E-state index contributed by atoms with van der Waals surface area (Å²) in [5, 5.41) is 4.50. The van der Waals surface area contributed by atoms with Gasteiger partial charge < -0.3 is 9.64 Å². The van der Waals surface area contributed by atoms with E-state index in [9.17, 15) is 4.79 Å². The lowest BCUT2D eigenvalue weighted by Crippen LogP contribution is -2.30. The predicted octanol–water partition coefficient (Wildman–Crippen LogP) is 4.67. The van der Waals surface area contributed by atoms with E-state index in [0.717, 1.165) is 34.8 Å². The Morgan fingerprint density at radius 2 is 1.86 bits per heavy atom. The van der Waals surface area contributed by atoms with Gasteiger partial charge in [-0.15, -0.1) is 0 Å². The highest BCUT2D eigenvalue weighted by Crippen LogP contribution is 2.24. The van der Waals surface area contributed by atoms with Crippen LogP contribution in [0.3, 0.4) is 0 Å². The van der Waals surface area contributed by atoms with Crippen LogP contribution in [0.25, 0.3) is 0 Å². The van der Waals surface area contributed by atoms with Crippen molar-refractivity contribution in [1.29, 1.82) is 0 Å². The molecule has 0 fully saturated rings. The van der Waals surface area contributed by atoms with Crippen LogP contribution in [-0.2, 0) is 13.6 Å². The predicted molar refractivity (Wildman–Crippen MR) is 112 cm³/mol. The number of aromatic nitrogens is 2. The van der Waals surface area contributed by atoms with Gasteiger partial charge in [0.2, 0.25) is 0 Å². The summed E-state index contributed by atoms with van der Waals surface area (Å²) in [7, 11) is 1.93. The Labute approximate surface area is 166 Å². The largest absolute Gasteiger partial charge is 0.494 e. The molecule has 0 bridgehead atoms. The van der Waals surface area contributed by atoms with Gasteiger partial charge in [-0.1, -0.05) is 31.2 Å². The second-order valence-electron chi connectivity index (χ2n) is 6.88. The summed E-state index contributed by atoms with van der Waals surface area (Å²) in [5.74, 6) is 0.658. The summed E-state index contributed by atoms with van der Waals surface area (Å²) in [4.78, 5) is 15.2. The molecule has 3 rings (SSSR count). The minimum atomic E-state index is -0.0594. The van der Waals surface area contributed by atoms with Crippen molar-refractivity contribution in [3.8, 4) is 5.75 Å². The van der Waals surface area contributed by atoms with E-state index in [0.29, 0.717) is 18.7 Å². The van der Waals surface area contributed by atoms with Crippen LogP contribution < -0.4 is 9.64 Å². The highest BCUT2D eigenvalue weighted by atomic mass is 16.5. The van der Waals surface area contributed by atoms with E-state index in [4.69, 9.17) is 4.74 Å². The molecule has 0 N–H and O–H groups in total. The molecule has 0 atom stereocenters. The van der Waals surface area contributed by atoms with Gasteiger partial charge in [0, 0.05) is 29.6 Å². The molecule has 28 heavy (non-hydrogen) atoms. The summed E-state index contributed by atoms with van der Waals surface area (Å²) in [6.07, 6.45) is 0.924. The lowest BCUT2D eigenvalue weighted by Gasteiger charge is -2.23. The van der Waals surface area contributed by atoms with Gasteiger partial charge in [0.25, 0.3) is 5.91 Å². The van der Waals surface area contributed by atoms with E-state index in [1.54, 1.807) is 4.90 Å². The van der Waals surface area contributed by atoms with Crippen LogP contribution in [0.4, 0.5) is 5.69 Å². The second kappa shape index (κ2) is 8.74. The van der Waals surface area contributed by atoms with E-state index >= 15 is 0 Å². The number of hydrogen-bond acceptors (Lipinski definition) is 3. The number of hydrogen-bond donors (Lipinski definition) is 0. The average molecular weight is 377 g/mol. The van der Waals surface area contributed by atoms with E-state index < -0.39 is 0 Å². The number of nitrogens with zero attached hydrogens (tertiary/aromatic N) is 3. The second-order valence-corrected chi connectivity index (χ2v) is 6.88. The first kappa shape index (κ1) is 19.7. The molecular weight excluding hydrogens is 350 g/mol. The molecule has 1 heterocycles. The number of ether oxygens (including phenoxy) is 1. The first-order chi connectivity index (χ1) is 13.5. The van der Waals surface area contributed by atoms with Crippen molar-refractivity contribution in [3.05, 3.63) is 77.1 Å². The molecule has 0 aliphatic rings. The summed E-state index contributed by atoms with van der Waals surface area (Å²) < 4.78 is 7.57. The molecule has 3 aromatic rings. The van der Waals surface area contributed by atoms with E-state index in [1.165, 1.54) is 0 Å². The number of anilines is 1. The van der Waals surface area contributed by atoms with Gasteiger partial charge in [-0.25, -0.2) is 0 Å². The summed E-state index contributed by atoms with van der Waals surface area (Å²) in [6.45, 7) is 7.17. The highest BCUT2D eigenvalue weighted by Gasteiger charge is 2.22. The fourth-order valence-electron chi connectivity index (χ4n) is 3.19. The van der Waals surface area contributed by atoms with Crippen LogP contribution in [-0.4, -0.2) is 22.3 Å². The molecular formula is C23H27N3O2. The van der Waals surface area contributed by atoms with Crippen molar-refractivity contribution < 1.29 is 9.53 Å². The van der Waals surface area contributed by atoms with E-state index in [-0.39, 0.29) is 5.91 Å². The lowest BCUT2D eigenvalue weighted by molar-refractivity contribution is 0.0984. The Kier molecular flexibility index (Phi) is 6.14. The summed E-state index contributed by atoms with van der Waals surface area (Å²) in [5.41, 5.74) is 4.53. The Balaban J connectivity index is 1.96. The minimum Gasteiger partial charge on any atom is -0.494 e. The van der Waals surface area contributed by atoms with Gasteiger partial charge in [0.15, 0.2) is 0 Å². The van der Waals surface area contributed by atoms with Crippen molar-refractivity contribution in [2.24, 2.45) is 7.05 Å². The van der Waals surface area contributed by atoms with Gasteiger partial charge in [0.1, 0.15) is 5.75 Å². The molecule has 0 aliphatic carbocycles. The van der Waals surface area contributed by atoms with E-state index in [2.05, 4.69) is 12.0 Å². The van der Waals surface area contributed by atoms with Crippen LogP contribution in [0.15, 0.2) is 54.6 Å². The summed E-state index contributed by atoms with van der Waals surface area (Å²) >= 11 is 0. The minimum absolute atomic E-state index is 0.0594. The monoisotopic (exact) mass is 377 g/mol. The number of carbonyl (C=O) groups is 1. The number of rotatable bonds is 7. The highest BCUT2D eigenvalue weighted by molar-refractivity contribution is 6.06. The van der Waals surface area contributed by atoms with Crippen molar-refractivity contribution >= 4 is 11.6 Å². The number of aryl methyl sites for hydroxylation is 2. The molecule has 0 radical (unpaired) electrons. The molecule has 5 heteroatoms. The Morgan fingerprint density at radius 3 is 2.50 bits per heavy atom. The maximum Gasteiger partial charge on any atom is 0.258 e. The quantitative estimate of drug-likeness (QED) is 0.601. The molecule has 0 saturated heterocycles. The maximum atomic E-state index is 13.4. The Bertz CT molecular complexity index is 948. The van der Waals surface area contributed by atoms with Gasteiger partial charge in [-0.3, -0.25) is 9.48 Å². The first-order valence-electron chi connectivity index (χ1n) is 9.60. The van der Waals surface area contributed by atoms with Crippen molar-refractivity contribution in [2.75, 3.05) is 11.5 Å². The molecule has 1 amide bonds. The third-order valence-electron chi connectivity index (χ3n) is 4.84. The molecule has 146 valence electrons. The number of benzene rings is 2. The third-order valence-corrected chi connectivity index (χ3v) is 4.84. The fourth-order valence-corrected chi connectivity index (χ4v) is 3.19. The average Bonchev–Trinajstić information content (AvgIpc) is 2.96. The topological polar surface area (TPSA) is 47.4 Å². The maximum absolute atomic E-state index is 13.4. The molecule has 0 saturated carbocycles. The number of para-hydroxylation sites is 1. The van der Waals surface area contributed by atoms with Crippen molar-refractivity contribution in [2.45, 2.75) is 33.7 Å². The third kappa shape index (κ3) is 4.25. The van der Waals surface area contributed by atoms with Crippen LogP contribution in [0, 0.1) is 13.8 Å².